The van der Waals surface area contributed by atoms with Crippen LogP contribution < -0.4 is 10.6 Å². The molecule has 0 spiro atoms. The monoisotopic (exact) mass is 458 g/mol. The van der Waals surface area contributed by atoms with E-state index in [1.165, 1.54) is 22.0 Å². The van der Waals surface area contributed by atoms with Crippen LogP contribution >= 0.6 is 24.0 Å². The first-order chi connectivity index (χ1) is 11.7. The molecule has 25 heavy (non-hydrogen) atoms. The molecule has 0 fully saturated rings. The number of aliphatic imine (C=N–C) groups is 1. The summed E-state index contributed by atoms with van der Waals surface area (Å²) in [6, 6.07) is 6.74. The third-order valence-corrected chi connectivity index (χ3v) is 4.06. The Balaban J connectivity index is 0.00000312. The van der Waals surface area contributed by atoms with Crippen LogP contribution in [-0.2, 0) is 17.6 Å². The first-order valence-corrected chi connectivity index (χ1v) is 8.81. The number of rotatable bonds is 8. The lowest BCUT2D eigenvalue weighted by atomic mass is 10.1. The summed E-state index contributed by atoms with van der Waals surface area (Å²) in [4.78, 5) is 8.11. The van der Waals surface area contributed by atoms with E-state index in [2.05, 4.69) is 65.8 Å². The minimum absolute atomic E-state index is 0. The molecule has 1 atom stereocenters. The summed E-state index contributed by atoms with van der Waals surface area (Å²) < 4.78 is 5.17. The third-order valence-electron chi connectivity index (χ3n) is 4.06. The Morgan fingerprint density at radius 2 is 2.08 bits per heavy atom. The fourth-order valence-electron chi connectivity index (χ4n) is 2.91. The number of aromatic nitrogens is 1. The van der Waals surface area contributed by atoms with Gasteiger partial charge >= 0.3 is 0 Å². The number of benzene rings is 1. The maximum atomic E-state index is 5.17. The zero-order chi connectivity index (χ0) is 17.4. The summed E-state index contributed by atoms with van der Waals surface area (Å²) in [5, 5.41) is 7.96. The van der Waals surface area contributed by atoms with Gasteiger partial charge in [0.1, 0.15) is 0 Å². The molecule has 0 aliphatic heterocycles. The molecule has 5 nitrogen and oxygen atoms in total. The minimum Gasteiger partial charge on any atom is -0.383 e. The van der Waals surface area contributed by atoms with Gasteiger partial charge in [0.05, 0.1) is 6.61 Å². The number of H-pyrrole nitrogens is 1. The van der Waals surface area contributed by atoms with Crippen molar-refractivity contribution in [1.29, 1.82) is 0 Å². The van der Waals surface area contributed by atoms with Gasteiger partial charge in [-0.05, 0) is 37.8 Å². The summed E-state index contributed by atoms with van der Waals surface area (Å²) in [5.41, 5.74) is 3.95. The highest BCUT2D eigenvalue weighted by Gasteiger charge is 2.07. The van der Waals surface area contributed by atoms with Crippen LogP contribution in [0.15, 0.2) is 29.4 Å². The fraction of sp³-hybridized carbons (Fsp3) is 0.526. The van der Waals surface area contributed by atoms with Crippen LogP contribution in [-0.4, -0.2) is 43.8 Å². The smallest absolute Gasteiger partial charge is 0.191 e. The number of fused-ring (bicyclic) bond motifs is 1. The maximum absolute atomic E-state index is 5.17. The summed E-state index contributed by atoms with van der Waals surface area (Å²) >= 11 is 0. The second-order valence-corrected chi connectivity index (χ2v) is 6.02. The summed E-state index contributed by atoms with van der Waals surface area (Å²) in [6.07, 6.45) is 4.08. The lowest BCUT2D eigenvalue weighted by molar-refractivity contribution is 0.179. The van der Waals surface area contributed by atoms with Crippen LogP contribution in [0.3, 0.4) is 0 Å². The number of aromatic amines is 1. The van der Waals surface area contributed by atoms with E-state index in [1.54, 1.807) is 7.11 Å². The van der Waals surface area contributed by atoms with Gasteiger partial charge in [0.15, 0.2) is 5.96 Å². The molecule has 0 saturated carbocycles. The van der Waals surface area contributed by atoms with E-state index < -0.39 is 0 Å². The van der Waals surface area contributed by atoms with Gasteiger partial charge in [0.2, 0.25) is 0 Å². The Morgan fingerprint density at radius 1 is 1.28 bits per heavy atom. The number of guanidine groups is 1. The van der Waals surface area contributed by atoms with Crippen molar-refractivity contribution >= 4 is 40.8 Å². The van der Waals surface area contributed by atoms with Crippen LogP contribution in [0.1, 0.15) is 31.9 Å². The van der Waals surface area contributed by atoms with Crippen molar-refractivity contribution in [2.45, 2.75) is 39.7 Å². The summed E-state index contributed by atoms with van der Waals surface area (Å²) in [6.45, 7) is 8.60. The van der Waals surface area contributed by atoms with Crippen LogP contribution in [0.25, 0.3) is 10.9 Å². The van der Waals surface area contributed by atoms with Crippen LogP contribution in [0.4, 0.5) is 0 Å². The molecule has 140 valence electrons. The average Bonchev–Trinajstić information content (AvgIpc) is 2.98. The van der Waals surface area contributed by atoms with Crippen LogP contribution in [0.5, 0.6) is 0 Å². The zero-order valence-electron chi connectivity index (χ0n) is 15.7. The summed E-state index contributed by atoms with van der Waals surface area (Å²) in [7, 11) is 1.71. The number of aryl methyl sites for hydroxylation is 1. The van der Waals surface area contributed by atoms with Gasteiger partial charge in [0.25, 0.3) is 0 Å². The van der Waals surface area contributed by atoms with Crippen molar-refractivity contribution in [2.24, 2.45) is 4.99 Å². The molecule has 3 N–H and O–H groups in total. The number of hydrogen-bond acceptors (Lipinski definition) is 2. The molecule has 0 radical (unpaired) electrons. The standard InChI is InChI=1S/C19H30N4O.HI/c1-5-15-8-7-9-17-16(12-22-18(15)17)10-11-21-19(20-6-2)23-14(3)13-24-4;/h7-9,12,14,22H,5-6,10-11,13H2,1-4H3,(H2,20,21,23);1H. The van der Waals surface area contributed by atoms with E-state index in [4.69, 9.17) is 4.74 Å². The number of methoxy groups -OCH3 is 1. The molecule has 1 aromatic heterocycles. The Hall–Kier alpha value is -1.28. The van der Waals surface area contributed by atoms with Gasteiger partial charge in [-0.3, -0.25) is 4.99 Å². The quantitative estimate of drug-likeness (QED) is 0.323. The van der Waals surface area contributed by atoms with E-state index in [-0.39, 0.29) is 30.0 Å². The second-order valence-electron chi connectivity index (χ2n) is 6.02. The predicted molar refractivity (Wildman–Crippen MR) is 117 cm³/mol. The Labute approximate surface area is 168 Å². The maximum Gasteiger partial charge on any atom is 0.191 e. The molecule has 0 amide bonds. The molecule has 1 aromatic carbocycles. The number of nitrogens with one attached hydrogen (secondary N) is 3. The molecule has 0 aliphatic rings. The van der Waals surface area contributed by atoms with Gasteiger partial charge in [-0.2, -0.15) is 0 Å². The zero-order valence-corrected chi connectivity index (χ0v) is 18.0. The Kier molecular flexibility index (Phi) is 9.89. The number of ether oxygens (including phenoxy) is 1. The number of nitrogens with zero attached hydrogens (tertiary/aromatic N) is 1. The van der Waals surface area contributed by atoms with Gasteiger partial charge in [-0.25, -0.2) is 0 Å². The van der Waals surface area contributed by atoms with E-state index in [0.717, 1.165) is 31.9 Å². The molecule has 2 rings (SSSR count). The first kappa shape index (κ1) is 21.8. The van der Waals surface area contributed by atoms with Crippen molar-refractivity contribution < 1.29 is 4.74 Å². The molecule has 0 bridgehead atoms. The first-order valence-electron chi connectivity index (χ1n) is 8.81. The van der Waals surface area contributed by atoms with E-state index in [1.807, 2.05) is 0 Å². The van der Waals surface area contributed by atoms with Crippen LogP contribution in [0, 0.1) is 0 Å². The van der Waals surface area contributed by atoms with Crippen LogP contribution in [0.2, 0.25) is 0 Å². The lowest BCUT2D eigenvalue weighted by Gasteiger charge is -2.16. The van der Waals surface area contributed by atoms with Crippen molar-refractivity contribution in [2.75, 3.05) is 26.8 Å². The second kappa shape index (κ2) is 11.4. The normalized spacial score (nSPS) is 12.7. The topological polar surface area (TPSA) is 61.4 Å². The SMILES string of the molecule is CCNC(=NCCc1c[nH]c2c(CC)cccc12)NC(C)COC.I. The molecule has 1 heterocycles. The Morgan fingerprint density at radius 3 is 2.76 bits per heavy atom. The van der Waals surface area contributed by atoms with E-state index >= 15 is 0 Å². The molecule has 0 saturated heterocycles. The number of halogens is 1. The highest BCUT2D eigenvalue weighted by Crippen LogP contribution is 2.22. The number of para-hydroxylation sites is 1. The van der Waals surface area contributed by atoms with Gasteiger partial charge in [-0.1, -0.05) is 25.1 Å². The molecule has 6 heteroatoms. The molecule has 0 aliphatic carbocycles. The highest BCUT2D eigenvalue weighted by atomic mass is 127. The van der Waals surface area contributed by atoms with Gasteiger partial charge in [0, 0.05) is 43.3 Å². The van der Waals surface area contributed by atoms with E-state index in [9.17, 15) is 0 Å². The van der Waals surface area contributed by atoms with Crippen molar-refractivity contribution in [3.05, 3.63) is 35.5 Å². The van der Waals surface area contributed by atoms with Crippen molar-refractivity contribution in [3.63, 3.8) is 0 Å². The molecule has 2 aromatic rings. The molecular formula is C19H31IN4O. The Bertz CT molecular complexity index is 668. The highest BCUT2D eigenvalue weighted by molar-refractivity contribution is 14.0. The largest absolute Gasteiger partial charge is 0.383 e. The van der Waals surface area contributed by atoms with Gasteiger partial charge in [-0.15, -0.1) is 24.0 Å². The van der Waals surface area contributed by atoms with Gasteiger partial charge < -0.3 is 20.4 Å². The average molecular weight is 458 g/mol. The molecular weight excluding hydrogens is 427 g/mol. The number of hydrogen-bond donors (Lipinski definition) is 3. The summed E-state index contributed by atoms with van der Waals surface area (Å²) in [5.74, 6) is 0.844. The molecule has 1 unspecified atom stereocenters. The van der Waals surface area contributed by atoms with Crippen molar-refractivity contribution in [3.8, 4) is 0 Å². The predicted octanol–water partition coefficient (Wildman–Crippen LogP) is 3.48. The fourth-order valence-corrected chi connectivity index (χ4v) is 2.91. The lowest BCUT2D eigenvalue weighted by Crippen LogP contribution is -2.44. The minimum atomic E-state index is 0. The third kappa shape index (κ3) is 6.18. The van der Waals surface area contributed by atoms with E-state index in [0.29, 0.717) is 6.61 Å². The van der Waals surface area contributed by atoms with Crippen molar-refractivity contribution in [1.82, 2.24) is 15.6 Å².